The maximum absolute atomic E-state index is 10.9. The van der Waals surface area contributed by atoms with Gasteiger partial charge in [-0.15, -0.1) is 0 Å². The number of carboxylic acids is 1. The SMILES string of the molecule is CCC(Oc1ccc2c(c1)CCC2O)C(=O)O. The molecule has 0 aromatic heterocycles. The zero-order valence-corrected chi connectivity index (χ0v) is 9.72. The molecule has 1 aromatic rings. The Hall–Kier alpha value is -1.55. The first-order valence-corrected chi connectivity index (χ1v) is 5.82. The molecule has 0 saturated carbocycles. The average molecular weight is 236 g/mol. The number of carboxylic acid groups (broad SMARTS) is 1. The van der Waals surface area contributed by atoms with E-state index in [0.29, 0.717) is 12.2 Å². The van der Waals surface area contributed by atoms with Gasteiger partial charge in [0.1, 0.15) is 5.75 Å². The van der Waals surface area contributed by atoms with Crippen molar-refractivity contribution in [2.75, 3.05) is 0 Å². The summed E-state index contributed by atoms with van der Waals surface area (Å²) >= 11 is 0. The molecule has 0 aliphatic heterocycles. The minimum atomic E-state index is -0.951. The van der Waals surface area contributed by atoms with Gasteiger partial charge in [-0.1, -0.05) is 13.0 Å². The highest BCUT2D eigenvalue weighted by Crippen LogP contribution is 2.33. The summed E-state index contributed by atoms with van der Waals surface area (Å²) in [5.41, 5.74) is 1.98. The molecule has 92 valence electrons. The van der Waals surface area contributed by atoms with Crippen molar-refractivity contribution in [2.45, 2.75) is 38.4 Å². The second kappa shape index (κ2) is 4.75. The summed E-state index contributed by atoms with van der Waals surface area (Å²) in [7, 11) is 0. The van der Waals surface area contributed by atoms with E-state index >= 15 is 0 Å². The summed E-state index contributed by atoms with van der Waals surface area (Å²) in [5, 5.41) is 18.6. The van der Waals surface area contributed by atoms with Crippen molar-refractivity contribution in [3.8, 4) is 5.75 Å². The van der Waals surface area contributed by atoms with Crippen LogP contribution in [0.25, 0.3) is 0 Å². The van der Waals surface area contributed by atoms with Crippen LogP contribution in [-0.4, -0.2) is 22.3 Å². The molecule has 1 aromatic carbocycles. The highest BCUT2D eigenvalue weighted by molar-refractivity contribution is 5.72. The van der Waals surface area contributed by atoms with E-state index in [0.717, 1.165) is 24.0 Å². The van der Waals surface area contributed by atoms with Gasteiger partial charge in [-0.05, 0) is 42.5 Å². The standard InChI is InChI=1S/C13H16O4/c1-2-12(13(15)16)17-9-4-5-10-8(7-9)3-6-11(10)14/h4-5,7,11-12,14H,2-3,6H2,1H3,(H,15,16). The molecule has 2 N–H and O–H groups in total. The minimum Gasteiger partial charge on any atom is -0.479 e. The number of hydrogen-bond donors (Lipinski definition) is 2. The molecular weight excluding hydrogens is 220 g/mol. The average Bonchev–Trinajstić information content (AvgIpc) is 2.67. The van der Waals surface area contributed by atoms with Gasteiger partial charge >= 0.3 is 5.97 Å². The summed E-state index contributed by atoms with van der Waals surface area (Å²) < 4.78 is 5.40. The number of aliphatic carboxylic acids is 1. The van der Waals surface area contributed by atoms with Crippen molar-refractivity contribution in [3.63, 3.8) is 0 Å². The lowest BCUT2D eigenvalue weighted by Crippen LogP contribution is -2.25. The van der Waals surface area contributed by atoms with Gasteiger partial charge in [-0.3, -0.25) is 0 Å². The minimum absolute atomic E-state index is 0.388. The summed E-state index contributed by atoms with van der Waals surface area (Å²) in [5.74, 6) is -0.389. The summed E-state index contributed by atoms with van der Waals surface area (Å²) in [6, 6.07) is 5.37. The molecule has 0 fully saturated rings. The fourth-order valence-electron chi connectivity index (χ4n) is 2.12. The molecule has 0 saturated heterocycles. The van der Waals surface area contributed by atoms with Crippen molar-refractivity contribution >= 4 is 5.97 Å². The van der Waals surface area contributed by atoms with Crippen LogP contribution >= 0.6 is 0 Å². The maximum Gasteiger partial charge on any atom is 0.344 e. The number of aliphatic hydroxyl groups is 1. The van der Waals surface area contributed by atoms with E-state index in [4.69, 9.17) is 9.84 Å². The number of ether oxygens (including phenoxy) is 1. The van der Waals surface area contributed by atoms with E-state index in [2.05, 4.69) is 0 Å². The fraction of sp³-hybridized carbons (Fsp3) is 0.462. The Kier molecular flexibility index (Phi) is 3.33. The van der Waals surface area contributed by atoms with Crippen LogP contribution in [0, 0.1) is 0 Å². The van der Waals surface area contributed by atoms with Crippen LogP contribution in [-0.2, 0) is 11.2 Å². The van der Waals surface area contributed by atoms with Crippen molar-refractivity contribution in [1.82, 2.24) is 0 Å². The Morgan fingerprint density at radius 1 is 1.59 bits per heavy atom. The number of benzene rings is 1. The topological polar surface area (TPSA) is 66.8 Å². The molecule has 2 rings (SSSR count). The molecule has 0 amide bonds. The van der Waals surface area contributed by atoms with E-state index < -0.39 is 12.1 Å². The molecule has 2 atom stereocenters. The molecule has 17 heavy (non-hydrogen) atoms. The van der Waals surface area contributed by atoms with Crippen molar-refractivity contribution < 1.29 is 19.7 Å². The van der Waals surface area contributed by atoms with Gasteiger partial charge in [0.05, 0.1) is 6.10 Å². The molecule has 4 heteroatoms. The number of aryl methyl sites for hydroxylation is 1. The molecule has 1 aliphatic carbocycles. The third-order valence-electron chi connectivity index (χ3n) is 3.09. The monoisotopic (exact) mass is 236 g/mol. The lowest BCUT2D eigenvalue weighted by molar-refractivity contribution is -0.145. The number of carbonyl (C=O) groups is 1. The van der Waals surface area contributed by atoms with E-state index in [1.165, 1.54) is 0 Å². The van der Waals surface area contributed by atoms with Crippen LogP contribution in [0.1, 0.15) is 37.0 Å². The molecule has 2 unspecified atom stereocenters. The normalized spacial score (nSPS) is 19.8. The number of aliphatic hydroxyl groups excluding tert-OH is 1. The van der Waals surface area contributed by atoms with E-state index in [1.54, 1.807) is 13.0 Å². The Morgan fingerprint density at radius 3 is 3.00 bits per heavy atom. The van der Waals surface area contributed by atoms with Gasteiger partial charge in [0, 0.05) is 0 Å². The van der Waals surface area contributed by atoms with Crippen LogP contribution in [0.3, 0.4) is 0 Å². The summed E-state index contributed by atoms with van der Waals surface area (Å²) in [6.45, 7) is 1.77. The molecule has 0 bridgehead atoms. The van der Waals surface area contributed by atoms with Crippen molar-refractivity contribution in [1.29, 1.82) is 0 Å². The predicted molar refractivity (Wildman–Crippen MR) is 62.1 cm³/mol. The van der Waals surface area contributed by atoms with Gasteiger partial charge in [0.25, 0.3) is 0 Å². The number of hydrogen-bond acceptors (Lipinski definition) is 3. The van der Waals surface area contributed by atoms with Gasteiger partial charge in [-0.25, -0.2) is 4.79 Å². The Bertz CT molecular complexity index is 427. The predicted octanol–water partition coefficient (Wildman–Crippen LogP) is 1.91. The maximum atomic E-state index is 10.9. The first-order chi connectivity index (χ1) is 8.11. The smallest absolute Gasteiger partial charge is 0.344 e. The molecule has 4 nitrogen and oxygen atoms in total. The van der Waals surface area contributed by atoms with Crippen molar-refractivity contribution in [2.24, 2.45) is 0 Å². The van der Waals surface area contributed by atoms with Crippen LogP contribution in [0.5, 0.6) is 5.75 Å². The first kappa shape index (κ1) is 11.9. The zero-order chi connectivity index (χ0) is 12.4. The van der Waals surface area contributed by atoms with Gasteiger partial charge in [0.15, 0.2) is 6.10 Å². The van der Waals surface area contributed by atoms with Crippen LogP contribution < -0.4 is 4.74 Å². The Labute approximate surface area is 99.8 Å². The van der Waals surface area contributed by atoms with E-state index in [1.807, 2.05) is 12.1 Å². The van der Waals surface area contributed by atoms with Crippen LogP contribution in [0.15, 0.2) is 18.2 Å². The number of rotatable bonds is 4. The van der Waals surface area contributed by atoms with Gasteiger partial charge in [-0.2, -0.15) is 0 Å². The third-order valence-corrected chi connectivity index (χ3v) is 3.09. The highest BCUT2D eigenvalue weighted by Gasteiger charge is 2.22. The van der Waals surface area contributed by atoms with Crippen LogP contribution in [0.2, 0.25) is 0 Å². The quantitative estimate of drug-likeness (QED) is 0.838. The third kappa shape index (κ3) is 2.42. The van der Waals surface area contributed by atoms with Gasteiger partial charge < -0.3 is 14.9 Å². The Morgan fingerprint density at radius 2 is 2.35 bits per heavy atom. The lowest BCUT2D eigenvalue weighted by atomic mass is 10.1. The summed E-state index contributed by atoms with van der Waals surface area (Å²) in [4.78, 5) is 10.9. The summed E-state index contributed by atoms with van der Waals surface area (Å²) in [6.07, 6.45) is 0.779. The Balaban J connectivity index is 2.16. The fourth-order valence-corrected chi connectivity index (χ4v) is 2.12. The second-order valence-electron chi connectivity index (χ2n) is 4.27. The number of fused-ring (bicyclic) bond motifs is 1. The molecular formula is C13H16O4. The molecule has 0 spiro atoms. The highest BCUT2D eigenvalue weighted by atomic mass is 16.5. The van der Waals surface area contributed by atoms with Crippen LogP contribution in [0.4, 0.5) is 0 Å². The molecule has 1 aliphatic rings. The molecule has 0 radical (unpaired) electrons. The second-order valence-corrected chi connectivity index (χ2v) is 4.27. The van der Waals surface area contributed by atoms with E-state index in [9.17, 15) is 9.90 Å². The first-order valence-electron chi connectivity index (χ1n) is 5.82. The van der Waals surface area contributed by atoms with E-state index in [-0.39, 0.29) is 6.10 Å². The zero-order valence-electron chi connectivity index (χ0n) is 9.72. The molecule has 0 heterocycles. The largest absolute Gasteiger partial charge is 0.479 e. The lowest BCUT2D eigenvalue weighted by Gasteiger charge is -2.14. The van der Waals surface area contributed by atoms with Crippen molar-refractivity contribution in [3.05, 3.63) is 29.3 Å². The van der Waals surface area contributed by atoms with Gasteiger partial charge in [0.2, 0.25) is 0 Å².